The summed E-state index contributed by atoms with van der Waals surface area (Å²) in [7, 11) is 1.64. The molecule has 0 aliphatic carbocycles. The molecule has 3 rings (SSSR count). The van der Waals surface area contributed by atoms with E-state index in [9.17, 15) is 4.79 Å². The van der Waals surface area contributed by atoms with E-state index in [1.165, 1.54) is 11.3 Å². The van der Waals surface area contributed by atoms with Gasteiger partial charge in [-0.05, 0) is 55.9 Å². The van der Waals surface area contributed by atoms with E-state index < -0.39 is 0 Å². The van der Waals surface area contributed by atoms with Crippen LogP contribution >= 0.6 is 22.9 Å². The average Bonchev–Trinajstić information content (AvgIpc) is 3.18. The maximum absolute atomic E-state index is 13.4. The summed E-state index contributed by atoms with van der Waals surface area (Å²) >= 11 is 7.53. The number of hydrogen-bond acceptors (Lipinski definition) is 5. The van der Waals surface area contributed by atoms with Crippen molar-refractivity contribution in [3.63, 3.8) is 0 Å². The standard InChI is InChI=1S/C22H26ClN3O2S/c1-5-25(6-2)13-14-26(21(27)16-8-10-17(23)11-9-16)22-24-19-18(28-4)12-7-15(3)20(19)29-22/h7-12H,5-6,13-14H2,1-4H3. The lowest BCUT2D eigenvalue weighted by Gasteiger charge is -2.24. The molecule has 1 heterocycles. The number of anilines is 1. The molecule has 0 radical (unpaired) electrons. The molecule has 0 fully saturated rings. The lowest BCUT2D eigenvalue weighted by molar-refractivity contribution is 0.0984. The quantitative estimate of drug-likeness (QED) is 0.488. The van der Waals surface area contributed by atoms with Crippen LogP contribution in [0.1, 0.15) is 29.8 Å². The minimum atomic E-state index is -0.0792. The number of halogens is 1. The van der Waals surface area contributed by atoms with Gasteiger partial charge in [-0.1, -0.05) is 42.9 Å². The van der Waals surface area contributed by atoms with Crippen molar-refractivity contribution in [1.29, 1.82) is 0 Å². The SMILES string of the molecule is CCN(CC)CCN(C(=O)c1ccc(Cl)cc1)c1nc2c(OC)ccc(C)c2s1. The number of carbonyl (C=O) groups excluding carboxylic acids is 1. The number of nitrogens with zero attached hydrogens (tertiary/aromatic N) is 3. The largest absolute Gasteiger partial charge is 0.494 e. The first kappa shape index (κ1) is 21.6. The third-order valence-corrected chi connectivity index (χ3v) is 6.48. The number of methoxy groups -OCH3 is 1. The first-order valence-corrected chi connectivity index (χ1v) is 10.9. The summed E-state index contributed by atoms with van der Waals surface area (Å²) in [5, 5.41) is 1.29. The minimum Gasteiger partial charge on any atom is -0.494 e. The Morgan fingerprint density at radius 2 is 1.79 bits per heavy atom. The van der Waals surface area contributed by atoms with Crippen molar-refractivity contribution >= 4 is 44.2 Å². The van der Waals surface area contributed by atoms with E-state index in [0.717, 1.165) is 41.2 Å². The molecule has 3 aromatic rings. The maximum Gasteiger partial charge on any atom is 0.260 e. The normalized spacial score (nSPS) is 11.2. The van der Waals surface area contributed by atoms with Crippen molar-refractivity contribution in [2.24, 2.45) is 0 Å². The van der Waals surface area contributed by atoms with E-state index in [1.807, 2.05) is 19.1 Å². The Labute approximate surface area is 180 Å². The zero-order valence-electron chi connectivity index (χ0n) is 17.2. The van der Waals surface area contributed by atoms with E-state index in [0.29, 0.717) is 22.3 Å². The number of fused-ring (bicyclic) bond motifs is 1. The highest BCUT2D eigenvalue weighted by molar-refractivity contribution is 7.22. The second-order valence-corrected chi connectivity index (χ2v) is 8.16. The number of hydrogen-bond donors (Lipinski definition) is 0. The molecule has 0 saturated carbocycles. The third kappa shape index (κ3) is 4.71. The zero-order valence-corrected chi connectivity index (χ0v) is 18.8. The van der Waals surface area contributed by atoms with E-state index in [-0.39, 0.29) is 5.91 Å². The maximum atomic E-state index is 13.4. The third-order valence-electron chi connectivity index (χ3n) is 5.01. The monoisotopic (exact) mass is 431 g/mol. The number of aromatic nitrogens is 1. The highest BCUT2D eigenvalue weighted by Gasteiger charge is 2.23. The van der Waals surface area contributed by atoms with Gasteiger partial charge in [0.05, 0.1) is 11.8 Å². The van der Waals surface area contributed by atoms with Gasteiger partial charge in [-0.3, -0.25) is 9.69 Å². The Morgan fingerprint density at radius 1 is 1.10 bits per heavy atom. The summed E-state index contributed by atoms with van der Waals surface area (Å²) in [6, 6.07) is 10.9. The van der Waals surface area contributed by atoms with Crippen molar-refractivity contribution < 1.29 is 9.53 Å². The molecule has 0 bridgehead atoms. The number of amides is 1. The second-order valence-electron chi connectivity index (χ2n) is 6.75. The van der Waals surface area contributed by atoms with Gasteiger partial charge in [-0.2, -0.15) is 0 Å². The van der Waals surface area contributed by atoms with Crippen LogP contribution < -0.4 is 9.64 Å². The van der Waals surface area contributed by atoms with Crippen LogP contribution in [0.25, 0.3) is 10.2 Å². The molecule has 1 amide bonds. The molecular weight excluding hydrogens is 406 g/mol. The molecule has 5 nitrogen and oxygen atoms in total. The molecule has 0 spiro atoms. The highest BCUT2D eigenvalue weighted by Crippen LogP contribution is 2.36. The van der Waals surface area contributed by atoms with E-state index in [4.69, 9.17) is 21.3 Å². The van der Waals surface area contributed by atoms with Gasteiger partial charge in [0.1, 0.15) is 11.3 Å². The highest BCUT2D eigenvalue weighted by atomic mass is 35.5. The molecule has 0 atom stereocenters. The predicted octanol–water partition coefficient (Wildman–Crippen LogP) is 5.26. The molecule has 0 aliphatic heterocycles. The van der Waals surface area contributed by atoms with E-state index in [2.05, 4.69) is 18.7 Å². The van der Waals surface area contributed by atoms with Gasteiger partial charge in [-0.15, -0.1) is 0 Å². The van der Waals surface area contributed by atoms with Crippen molar-refractivity contribution in [2.45, 2.75) is 20.8 Å². The molecule has 0 unspecified atom stereocenters. The van der Waals surface area contributed by atoms with Gasteiger partial charge in [0.25, 0.3) is 5.91 Å². The molecule has 0 N–H and O–H groups in total. The van der Waals surface area contributed by atoms with Crippen LogP contribution in [-0.2, 0) is 0 Å². The number of likely N-dealkylation sites (N-methyl/N-ethyl adjacent to an activating group) is 1. The lowest BCUT2D eigenvalue weighted by Crippen LogP contribution is -2.38. The van der Waals surface area contributed by atoms with E-state index in [1.54, 1.807) is 36.3 Å². The lowest BCUT2D eigenvalue weighted by atomic mass is 10.2. The van der Waals surface area contributed by atoms with Crippen molar-refractivity contribution in [2.75, 3.05) is 38.2 Å². The minimum absolute atomic E-state index is 0.0792. The Kier molecular flexibility index (Phi) is 7.11. The summed E-state index contributed by atoms with van der Waals surface area (Å²) in [5.74, 6) is 0.639. The first-order valence-electron chi connectivity index (χ1n) is 9.72. The van der Waals surface area contributed by atoms with Gasteiger partial charge in [0.2, 0.25) is 0 Å². The molecule has 0 saturated heterocycles. The van der Waals surface area contributed by atoms with Crippen molar-refractivity contribution in [1.82, 2.24) is 9.88 Å². The smallest absolute Gasteiger partial charge is 0.260 e. The number of rotatable bonds is 8. The number of ether oxygens (including phenoxy) is 1. The topological polar surface area (TPSA) is 45.7 Å². The predicted molar refractivity (Wildman–Crippen MR) is 122 cm³/mol. The van der Waals surface area contributed by atoms with Gasteiger partial charge in [0, 0.05) is 23.7 Å². The fraction of sp³-hybridized carbons (Fsp3) is 0.364. The average molecular weight is 432 g/mol. The van der Waals surface area contributed by atoms with Crippen LogP contribution in [0.15, 0.2) is 36.4 Å². The Balaban J connectivity index is 2.02. The van der Waals surface area contributed by atoms with Gasteiger partial charge in [-0.25, -0.2) is 4.98 Å². The second kappa shape index (κ2) is 9.57. The molecule has 7 heteroatoms. The number of thiazole rings is 1. The van der Waals surface area contributed by atoms with Gasteiger partial charge < -0.3 is 9.64 Å². The van der Waals surface area contributed by atoms with Crippen molar-refractivity contribution in [3.05, 3.63) is 52.5 Å². The summed E-state index contributed by atoms with van der Waals surface area (Å²) in [6.45, 7) is 9.51. The molecule has 0 aliphatic rings. The van der Waals surface area contributed by atoms with Crippen LogP contribution in [0, 0.1) is 6.92 Å². The van der Waals surface area contributed by atoms with E-state index >= 15 is 0 Å². The first-order chi connectivity index (χ1) is 14.0. The fourth-order valence-corrected chi connectivity index (χ4v) is 4.39. The van der Waals surface area contributed by atoms with Gasteiger partial charge >= 0.3 is 0 Å². The zero-order chi connectivity index (χ0) is 21.0. The van der Waals surface area contributed by atoms with Crippen LogP contribution in [0.2, 0.25) is 5.02 Å². The summed E-state index contributed by atoms with van der Waals surface area (Å²) in [4.78, 5) is 22.2. The number of carbonyl (C=O) groups is 1. The molecule has 2 aromatic carbocycles. The molecule has 1 aromatic heterocycles. The summed E-state index contributed by atoms with van der Waals surface area (Å²) in [5.41, 5.74) is 2.51. The molecule has 29 heavy (non-hydrogen) atoms. The van der Waals surface area contributed by atoms with Crippen LogP contribution in [0.3, 0.4) is 0 Å². The molecule has 154 valence electrons. The van der Waals surface area contributed by atoms with Gasteiger partial charge in [0.15, 0.2) is 5.13 Å². The Bertz CT molecular complexity index is 984. The summed E-state index contributed by atoms with van der Waals surface area (Å²) in [6.07, 6.45) is 0. The fourth-order valence-electron chi connectivity index (χ4n) is 3.19. The Hall–Kier alpha value is -2.15. The van der Waals surface area contributed by atoms with Crippen LogP contribution in [-0.4, -0.2) is 49.1 Å². The number of aryl methyl sites for hydroxylation is 1. The number of benzene rings is 2. The van der Waals surface area contributed by atoms with Crippen LogP contribution in [0.5, 0.6) is 5.75 Å². The molecular formula is C22H26ClN3O2S. The van der Waals surface area contributed by atoms with Crippen LogP contribution in [0.4, 0.5) is 5.13 Å². The Morgan fingerprint density at radius 3 is 2.41 bits per heavy atom. The van der Waals surface area contributed by atoms with Crippen molar-refractivity contribution in [3.8, 4) is 5.75 Å². The summed E-state index contributed by atoms with van der Waals surface area (Å²) < 4.78 is 6.52.